The van der Waals surface area contributed by atoms with Crippen LogP contribution < -0.4 is 14.8 Å². The predicted octanol–water partition coefficient (Wildman–Crippen LogP) is 4.35. The number of benzene rings is 2. The second-order valence-corrected chi connectivity index (χ2v) is 10.4. The van der Waals surface area contributed by atoms with Gasteiger partial charge in [-0.25, -0.2) is 12.8 Å². The predicted molar refractivity (Wildman–Crippen MR) is 136 cm³/mol. The van der Waals surface area contributed by atoms with E-state index in [1.807, 2.05) is 0 Å². The Morgan fingerprint density at radius 1 is 1.11 bits per heavy atom. The summed E-state index contributed by atoms with van der Waals surface area (Å²) < 4.78 is 57.9. The standard InChI is InChI=1S/C26H28FN3O6S/c1-17-25(23(36-29-17)10-8-18-6-4-5-7-21(18)27)37(32,33)30-14-12-19(13-15-30)26(31)28-20-9-11-22(34-2)24(16-20)35-3/h4-11,16,19H,12-15H2,1-3H3,(H,28,31)/b10-8+. The summed E-state index contributed by atoms with van der Waals surface area (Å²) in [6.45, 7) is 1.86. The summed E-state index contributed by atoms with van der Waals surface area (Å²) >= 11 is 0. The minimum Gasteiger partial charge on any atom is -0.493 e. The van der Waals surface area contributed by atoms with Crippen molar-refractivity contribution in [2.75, 3.05) is 32.6 Å². The van der Waals surface area contributed by atoms with E-state index in [-0.39, 0.29) is 41.3 Å². The Morgan fingerprint density at radius 3 is 2.49 bits per heavy atom. The minimum atomic E-state index is -3.95. The number of hydrogen-bond acceptors (Lipinski definition) is 7. The summed E-state index contributed by atoms with van der Waals surface area (Å²) in [5.74, 6) is 0.0701. The van der Waals surface area contributed by atoms with E-state index < -0.39 is 15.8 Å². The van der Waals surface area contributed by atoms with Crippen LogP contribution in [0.2, 0.25) is 0 Å². The highest BCUT2D eigenvalue weighted by molar-refractivity contribution is 7.89. The SMILES string of the molecule is COc1ccc(NC(=O)C2CCN(S(=O)(=O)c3c(C)noc3/C=C/c3ccccc3F)CC2)cc1OC. The fourth-order valence-corrected chi connectivity index (χ4v) is 5.94. The number of methoxy groups -OCH3 is 2. The highest BCUT2D eigenvalue weighted by atomic mass is 32.2. The Labute approximate surface area is 214 Å². The van der Waals surface area contributed by atoms with Gasteiger partial charge >= 0.3 is 0 Å². The fourth-order valence-electron chi connectivity index (χ4n) is 4.22. The zero-order valence-corrected chi connectivity index (χ0v) is 21.5. The van der Waals surface area contributed by atoms with Gasteiger partial charge in [-0.15, -0.1) is 0 Å². The first-order chi connectivity index (χ1) is 17.7. The van der Waals surface area contributed by atoms with Crippen molar-refractivity contribution in [3.8, 4) is 11.5 Å². The lowest BCUT2D eigenvalue weighted by atomic mass is 9.97. The van der Waals surface area contributed by atoms with Crippen LogP contribution in [0.5, 0.6) is 11.5 Å². The molecule has 2 aromatic carbocycles. The Balaban J connectivity index is 1.44. The Kier molecular flexibility index (Phi) is 7.94. The molecule has 11 heteroatoms. The molecule has 1 aromatic heterocycles. The van der Waals surface area contributed by atoms with E-state index in [9.17, 15) is 17.6 Å². The molecule has 1 N–H and O–H groups in total. The first-order valence-electron chi connectivity index (χ1n) is 11.7. The largest absolute Gasteiger partial charge is 0.493 e. The first kappa shape index (κ1) is 26.4. The smallest absolute Gasteiger partial charge is 0.248 e. The van der Waals surface area contributed by atoms with E-state index in [4.69, 9.17) is 14.0 Å². The number of anilines is 1. The van der Waals surface area contributed by atoms with Crippen molar-refractivity contribution < 1.29 is 31.6 Å². The number of carbonyl (C=O) groups is 1. The molecule has 1 aliphatic heterocycles. The maximum absolute atomic E-state index is 14.0. The third-order valence-corrected chi connectivity index (χ3v) is 8.28. The lowest BCUT2D eigenvalue weighted by molar-refractivity contribution is -0.120. The molecule has 0 aliphatic carbocycles. The number of piperidine rings is 1. The highest BCUT2D eigenvalue weighted by Crippen LogP contribution is 2.32. The summed E-state index contributed by atoms with van der Waals surface area (Å²) in [5, 5.41) is 6.69. The Bertz CT molecular complexity index is 1410. The van der Waals surface area contributed by atoms with Crippen molar-refractivity contribution in [3.63, 3.8) is 0 Å². The van der Waals surface area contributed by atoms with Crippen LogP contribution in [0.15, 0.2) is 51.9 Å². The van der Waals surface area contributed by atoms with Crippen molar-refractivity contribution in [2.24, 2.45) is 5.92 Å². The van der Waals surface area contributed by atoms with Crippen LogP contribution in [0.4, 0.5) is 10.1 Å². The van der Waals surface area contributed by atoms with Crippen LogP contribution in [-0.4, -0.2) is 51.1 Å². The Hall–Kier alpha value is -3.70. The zero-order chi connectivity index (χ0) is 26.6. The lowest BCUT2D eigenvalue weighted by Gasteiger charge is -2.30. The molecule has 0 bridgehead atoms. The normalized spacial score (nSPS) is 15.1. The zero-order valence-electron chi connectivity index (χ0n) is 20.7. The molecule has 0 saturated carbocycles. The number of aryl methyl sites for hydroxylation is 1. The second kappa shape index (κ2) is 11.1. The van der Waals surface area contributed by atoms with Crippen LogP contribution in [0.3, 0.4) is 0 Å². The average molecular weight is 530 g/mol. The van der Waals surface area contributed by atoms with Gasteiger partial charge in [0.05, 0.1) is 14.2 Å². The fraction of sp³-hybridized carbons (Fsp3) is 0.308. The third-order valence-electron chi connectivity index (χ3n) is 6.23. The molecule has 4 rings (SSSR count). The minimum absolute atomic E-state index is 0.0223. The molecule has 0 radical (unpaired) electrons. The molecule has 1 amide bonds. The van der Waals surface area contributed by atoms with Gasteiger partial charge in [0, 0.05) is 36.3 Å². The maximum atomic E-state index is 14.0. The number of rotatable bonds is 8. The molecule has 0 spiro atoms. The van der Waals surface area contributed by atoms with Crippen LogP contribution in [-0.2, 0) is 14.8 Å². The van der Waals surface area contributed by atoms with Gasteiger partial charge in [0.2, 0.25) is 15.9 Å². The van der Waals surface area contributed by atoms with Crippen molar-refractivity contribution in [1.29, 1.82) is 0 Å². The van der Waals surface area contributed by atoms with E-state index in [1.165, 1.54) is 36.7 Å². The number of sulfonamides is 1. The molecule has 196 valence electrons. The van der Waals surface area contributed by atoms with Gasteiger partial charge < -0.3 is 19.3 Å². The van der Waals surface area contributed by atoms with Crippen LogP contribution in [0.25, 0.3) is 12.2 Å². The van der Waals surface area contributed by atoms with Crippen molar-refractivity contribution in [3.05, 3.63) is 65.3 Å². The van der Waals surface area contributed by atoms with E-state index in [0.29, 0.717) is 35.6 Å². The molecule has 3 aromatic rings. The van der Waals surface area contributed by atoms with Gasteiger partial charge in [-0.1, -0.05) is 23.4 Å². The van der Waals surface area contributed by atoms with Crippen LogP contribution >= 0.6 is 0 Å². The Morgan fingerprint density at radius 2 is 1.81 bits per heavy atom. The molecule has 2 heterocycles. The molecule has 1 saturated heterocycles. The number of amides is 1. The van der Waals surface area contributed by atoms with Crippen LogP contribution in [0.1, 0.15) is 29.9 Å². The topological polar surface area (TPSA) is 111 Å². The van der Waals surface area contributed by atoms with Crippen molar-refractivity contribution in [1.82, 2.24) is 9.46 Å². The third kappa shape index (κ3) is 5.67. The molecular formula is C26H28FN3O6S. The van der Waals surface area contributed by atoms with Gasteiger partial charge in [-0.3, -0.25) is 4.79 Å². The molecule has 0 atom stereocenters. The highest BCUT2D eigenvalue weighted by Gasteiger charge is 2.36. The summed E-state index contributed by atoms with van der Waals surface area (Å²) in [5.41, 5.74) is 1.06. The number of ether oxygens (including phenoxy) is 2. The molecular weight excluding hydrogens is 501 g/mol. The van der Waals surface area contributed by atoms with Crippen LogP contribution in [0, 0.1) is 18.7 Å². The van der Waals surface area contributed by atoms with Gasteiger partial charge in [-0.2, -0.15) is 4.31 Å². The number of halogens is 1. The molecule has 1 fully saturated rings. The van der Waals surface area contributed by atoms with Crippen molar-refractivity contribution in [2.45, 2.75) is 24.7 Å². The summed E-state index contributed by atoms with van der Waals surface area (Å²) in [4.78, 5) is 12.8. The quantitative estimate of drug-likeness (QED) is 0.462. The van der Waals surface area contributed by atoms with E-state index in [2.05, 4.69) is 10.5 Å². The average Bonchev–Trinajstić information content (AvgIpc) is 3.29. The molecule has 9 nitrogen and oxygen atoms in total. The summed E-state index contributed by atoms with van der Waals surface area (Å²) in [6, 6.07) is 11.2. The number of nitrogens with zero attached hydrogens (tertiary/aromatic N) is 2. The molecule has 37 heavy (non-hydrogen) atoms. The second-order valence-electron chi connectivity index (χ2n) is 8.55. The van der Waals surface area contributed by atoms with Gasteiger partial charge in [0.25, 0.3) is 0 Å². The van der Waals surface area contributed by atoms with Gasteiger partial charge in [0.1, 0.15) is 11.5 Å². The molecule has 0 unspecified atom stereocenters. The summed E-state index contributed by atoms with van der Waals surface area (Å²) in [6.07, 6.45) is 3.54. The number of aromatic nitrogens is 1. The number of nitrogens with one attached hydrogen (secondary N) is 1. The monoisotopic (exact) mass is 529 g/mol. The maximum Gasteiger partial charge on any atom is 0.248 e. The number of carbonyl (C=O) groups excluding carboxylic acids is 1. The lowest BCUT2D eigenvalue weighted by Crippen LogP contribution is -2.41. The molecule has 1 aliphatic rings. The van der Waals surface area contributed by atoms with E-state index in [0.717, 1.165) is 0 Å². The van der Waals surface area contributed by atoms with E-state index in [1.54, 1.807) is 43.3 Å². The first-order valence-corrected chi connectivity index (χ1v) is 13.1. The van der Waals surface area contributed by atoms with Gasteiger partial charge in [0.15, 0.2) is 22.2 Å². The number of hydrogen-bond donors (Lipinski definition) is 1. The summed E-state index contributed by atoms with van der Waals surface area (Å²) in [7, 11) is -0.908. The van der Waals surface area contributed by atoms with E-state index >= 15 is 0 Å². The van der Waals surface area contributed by atoms with Gasteiger partial charge in [-0.05, 0) is 50.1 Å². The van der Waals surface area contributed by atoms with Crippen molar-refractivity contribution >= 4 is 33.8 Å².